The van der Waals surface area contributed by atoms with Crippen molar-refractivity contribution in [1.29, 1.82) is 0 Å². The summed E-state index contributed by atoms with van der Waals surface area (Å²) in [6.07, 6.45) is 0.744. The first-order chi connectivity index (χ1) is 12.0. The van der Waals surface area contributed by atoms with Gasteiger partial charge in [0.15, 0.2) is 5.69 Å². The molecule has 1 aromatic heterocycles. The number of carbonyl (C=O) groups is 2. The third kappa shape index (κ3) is 4.60. The lowest BCUT2D eigenvalue weighted by Crippen LogP contribution is -2.31. The number of rotatable bonds is 7. The summed E-state index contributed by atoms with van der Waals surface area (Å²) in [5.41, 5.74) is 0.506. The highest BCUT2D eigenvalue weighted by Crippen LogP contribution is 2.17. The molecule has 8 nitrogen and oxygen atoms in total. The van der Waals surface area contributed by atoms with Crippen molar-refractivity contribution in [3.05, 3.63) is 56.0 Å². The number of methoxy groups -OCH3 is 1. The van der Waals surface area contributed by atoms with Gasteiger partial charge in [-0.05, 0) is 18.6 Å². The maximum atomic E-state index is 12.7. The van der Waals surface area contributed by atoms with Gasteiger partial charge in [0, 0.05) is 29.6 Å². The number of esters is 1. The molecule has 1 aromatic carbocycles. The summed E-state index contributed by atoms with van der Waals surface area (Å²) in [5, 5.41) is 12.9. The van der Waals surface area contributed by atoms with Gasteiger partial charge in [-0.1, -0.05) is 6.92 Å². The Balaban J connectivity index is 2.16. The van der Waals surface area contributed by atoms with Crippen LogP contribution in [0, 0.1) is 10.1 Å². The molecule has 1 amide bonds. The number of amides is 1. The number of non-ortho nitro benzene ring substituents is 1. The number of carbonyl (C=O) groups excluding carboxylic acids is 2. The third-order valence-electron chi connectivity index (χ3n) is 3.38. The van der Waals surface area contributed by atoms with E-state index in [4.69, 9.17) is 0 Å². The zero-order chi connectivity index (χ0) is 18.4. The van der Waals surface area contributed by atoms with Crippen LogP contribution in [0.3, 0.4) is 0 Å². The van der Waals surface area contributed by atoms with Crippen LogP contribution in [0.5, 0.6) is 0 Å². The van der Waals surface area contributed by atoms with Crippen molar-refractivity contribution in [2.45, 2.75) is 19.9 Å². The average molecular weight is 363 g/mol. The Bertz CT molecular complexity index is 772. The smallest absolute Gasteiger partial charge is 0.357 e. The molecule has 0 saturated carbocycles. The van der Waals surface area contributed by atoms with Gasteiger partial charge in [0.25, 0.3) is 11.6 Å². The van der Waals surface area contributed by atoms with Crippen LogP contribution in [0.15, 0.2) is 29.6 Å². The molecule has 0 atom stereocenters. The second kappa shape index (κ2) is 8.34. The highest BCUT2D eigenvalue weighted by molar-refractivity contribution is 7.09. The fourth-order valence-electron chi connectivity index (χ4n) is 2.18. The molecular formula is C16H17N3O5S. The summed E-state index contributed by atoms with van der Waals surface area (Å²) in [5.74, 6) is -0.766. The molecule has 0 aliphatic carbocycles. The second-order valence-corrected chi connectivity index (χ2v) is 6.09. The lowest BCUT2D eigenvalue weighted by molar-refractivity contribution is -0.384. The molecule has 25 heavy (non-hydrogen) atoms. The number of aromatic nitrogens is 1. The molecule has 0 saturated heterocycles. The number of nitro benzene ring substituents is 1. The van der Waals surface area contributed by atoms with Crippen molar-refractivity contribution in [3.63, 3.8) is 0 Å². The van der Waals surface area contributed by atoms with Gasteiger partial charge in [-0.3, -0.25) is 14.9 Å². The zero-order valence-electron chi connectivity index (χ0n) is 13.8. The number of nitrogens with zero attached hydrogens (tertiary/aromatic N) is 3. The number of nitro groups is 1. The summed E-state index contributed by atoms with van der Waals surface area (Å²) in [4.78, 5) is 40.1. The van der Waals surface area contributed by atoms with E-state index in [0.717, 1.165) is 6.42 Å². The van der Waals surface area contributed by atoms with Crippen molar-refractivity contribution in [2.75, 3.05) is 13.7 Å². The number of thiazole rings is 1. The Labute approximate surface area is 148 Å². The quantitative estimate of drug-likeness (QED) is 0.426. The lowest BCUT2D eigenvalue weighted by atomic mass is 10.1. The number of benzene rings is 1. The summed E-state index contributed by atoms with van der Waals surface area (Å²) in [6.45, 7) is 2.70. The largest absolute Gasteiger partial charge is 0.464 e. The van der Waals surface area contributed by atoms with Crippen LogP contribution in [0.2, 0.25) is 0 Å². The van der Waals surface area contributed by atoms with Crippen LogP contribution in [-0.2, 0) is 11.3 Å². The predicted octanol–water partition coefficient (Wildman–Crippen LogP) is 2.89. The van der Waals surface area contributed by atoms with E-state index in [9.17, 15) is 19.7 Å². The highest BCUT2D eigenvalue weighted by Gasteiger charge is 2.19. The van der Waals surface area contributed by atoms with Gasteiger partial charge in [0.05, 0.1) is 18.6 Å². The zero-order valence-corrected chi connectivity index (χ0v) is 14.6. The standard InChI is InChI=1S/C16H17N3O5S/c1-3-8-18(9-14-17-13(10-25-14)16(21)24-2)15(20)11-4-6-12(7-5-11)19(22)23/h4-7,10H,3,8-9H2,1-2H3. The molecule has 0 aliphatic heterocycles. The number of hydrogen-bond acceptors (Lipinski definition) is 7. The molecular weight excluding hydrogens is 346 g/mol. The fraction of sp³-hybridized carbons (Fsp3) is 0.312. The van der Waals surface area contributed by atoms with E-state index in [-0.39, 0.29) is 23.8 Å². The van der Waals surface area contributed by atoms with E-state index in [1.54, 1.807) is 10.3 Å². The summed E-state index contributed by atoms with van der Waals surface area (Å²) in [6, 6.07) is 5.47. The SMILES string of the molecule is CCCN(Cc1nc(C(=O)OC)cs1)C(=O)c1ccc([N+](=O)[O-])cc1. The monoisotopic (exact) mass is 363 g/mol. The van der Waals surface area contributed by atoms with Gasteiger partial charge in [-0.25, -0.2) is 9.78 Å². The fourth-order valence-corrected chi connectivity index (χ4v) is 2.95. The maximum absolute atomic E-state index is 12.7. The van der Waals surface area contributed by atoms with Gasteiger partial charge >= 0.3 is 5.97 Å². The molecule has 2 aromatic rings. The van der Waals surface area contributed by atoms with E-state index < -0.39 is 10.9 Å². The molecule has 0 aliphatic rings. The van der Waals surface area contributed by atoms with E-state index in [1.807, 2.05) is 6.92 Å². The van der Waals surface area contributed by atoms with E-state index in [1.165, 1.54) is 42.7 Å². The average Bonchev–Trinajstić information content (AvgIpc) is 3.08. The number of ether oxygens (including phenoxy) is 1. The van der Waals surface area contributed by atoms with Crippen molar-refractivity contribution >= 4 is 28.9 Å². The topological polar surface area (TPSA) is 103 Å². The van der Waals surface area contributed by atoms with E-state index >= 15 is 0 Å². The van der Waals surface area contributed by atoms with Gasteiger partial charge in [-0.15, -0.1) is 11.3 Å². The third-order valence-corrected chi connectivity index (χ3v) is 4.21. The molecule has 2 rings (SSSR count). The summed E-state index contributed by atoms with van der Waals surface area (Å²) >= 11 is 1.27. The first kappa shape index (κ1) is 18.5. The Kier molecular flexibility index (Phi) is 6.18. The van der Waals surface area contributed by atoms with Crippen molar-refractivity contribution in [1.82, 2.24) is 9.88 Å². The molecule has 9 heteroatoms. The van der Waals surface area contributed by atoms with Gasteiger partial charge < -0.3 is 9.64 Å². The van der Waals surface area contributed by atoms with Gasteiger partial charge in [0.2, 0.25) is 0 Å². The minimum Gasteiger partial charge on any atom is -0.464 e. The minimum absolute atomic E-state index is 0.0683. The van der Waals surface area contributed by atoms with E-state index in [0.29, 0.717) is 17.1 Å². The van der Waals surface area contributed by atoms with Crippen molar-refractivity contribution < 1.29 is 19.2 Å². The Morgan fingerprint density at radius 3 is 2.56 bits per heavy atom. The second-order valence-electron chi connectivity index (χ2n) is 5.15. The first-order valence-corrected chi connectivity index (χ1v) is 8.40. The summed E-state index contributed by atoms with van der Waals surface area (Å²) < 4.78 is 4.62. The summed E-state index contributed by atoms with van der Waals surface area (Å²) in [7, 11) is 1.28. The molecule has 0 radical (unpaired) electrons. The van der Waals surface area contributed by atoms with Gasteiger partial charge in [0.1, 0.15) is 5.01 Å². The van der Waals surface area contributed by atoms with Crippen LogP contribution >= 0.6 is 11.3 Å². The minimum atomic E-state index is -0.522. The van der Waals surface area contributed by atoms with Crippen LogP contribution < -0.4 is 0 Å². The molecule has 0 spiro atoms. The van der Waals surface area contributed by atoms with Crippen molar-refractivity contribution in [2.24, 2.45) is 0 Å². The van der Waals surface area contributed by atoms with Crippen LogP contribution in [0.25, 0.3) is 0 Å². The molecule has 0 fully saturated rings. The van der Waals surface area contributed by atoms with Crippen LogP contribution in [-0.4, -0.2) is 40.3 Å². The normalized spacial score (nSPS) is 10.3. The maximum Gasteiger partial charge on any atom is 0.357 e. The van der Waals surface area contributed by atoms with Crippen molar-refractivity contribution in [3.8, 4) is 0 Å². The Morgan fingerprint density at radius 1 is 1.32 bits per heavy atom. The molecule has 1 heterocycles. The van der Waals surface area contributed by atoms with Crippen LogP contribution in [0.1, 0.15) is 39.2 Å². The van der Waals surface area contributed by atoms with Gasteiger partial charge in [-0.2, -0.15) is 0 Å². The Hall–Kier alpha value is -2.81. The molecule has 0 unspecified atom stereocenters. The predicted molar refractivity (Wildman–Crippen MR) is 91.6 cm³/mol. The lowest BCUT2D eigenvalue weighted by Gasteiger charge is -2.21. The highest BCUT2D eigenvalue weighted by atomic mass is 32.1. The van der Waals surface area contributed by atoms with E-state index in [2.05, 4.69) is 9.72 Å². The van der Waals surface area contributed by atoms with Crippen LogP contribution in [0.4, 0.5) is 5.69 Å². The molecule has 0 N–H and O–H groups in total. The molecule has 0 bridgehead atoms. The Morgan fingerprint density at radius 2 is 2.00 bits per heavy atom. The molecule has 132 valence electrons. The number of hydrogen-bond donors (Lipinski definition) is 0. The first-order valence-electron chi connectivity index (χ1n) is 7.52.